The number of nitrogens with zero attached hydrogens (tertiary/aromatic N) is 1. The van der Waals surface area contributed by atoms with Crippen LogP contribution in [-0.4, -0.2) is 16.1 Å². The quantitative estimate of drug-likeness (QED) is 0.723. The molecule has 70 valence electrons. The van der Waals surface area contributed by atoms with E-state index in [1.165, 1.54) is 0 Å². The number of carbonyl (C=O) groups excluding carboxylic acids is 1. The average molecular weight is 179 g/mol. The van der Waals surface area contributed by atoms with E-state index < -0.39 is 0 Å². The third-order valence-corrected chi connectivity index (χ3v) is 2.76. The van der Waals surface area contributed by atoms with Crippen molar-refractivity contribution in [2.75, 3.05) is 5.32 Å². The summed E-state index contributed by atoms with van der Waals surface area (Å²) < 4.78 is 0. The van der Waals surface area contributed by atoms with Gasteiger partial charge in [0.25, 0.3) is 0 Å². The predicted molar refractivity (Wildman–Crippen MR) is 49.2 cm³/mol. The largest absolute Gasteiger partial charge is 0.323 e. The number of aromatic amines is 1. The van der Waals surface area contributed by atoms with Crippen molar-refractivity contribution < 1.29 is 4.79 Å². The van der Waals surface area contributed by atoms with Gasteiger partial charge in [-0.05, 0) is 12.8 Å². The highest BCUT2D eigenvalue weighted by molar-refractivity contribution is 5.95. The van der Waals surface area contributed by atoms with Crippen molar-refractivity contribution in [1.82, 2.24) is 10.2 Å². The van der Waals surface area contributed by atoms with Crippen LogP contribution in [0.2, 0.25) is 0 Å². The minimum atomic E-state index is -0.142. The summed E-state index contributed by atoms with van der Waals surface area (Å²) >= 11 is 0. The van der Waals surface area contributed by atoms with Gasteiger partial charge in [0.1, 0.15) is 0 Å². The Bertz CT molecular complexity index is 301. The third kappa shape index (κ3) is 1.43. The molecule has 4 nitrogen and oxygen atoms in total. The number of H-pyrrole nitrogens is 1. The topological polar surface area (TPSA) is 57.8 Å². The Morgan fingerprint density at radius 1 is 1.69 bits per heavy atom. The molecule has 0 bridgehead atoms. The highest BCUT2D eigenvalue weighted by Gasteiger charge is 2.39. The number of hydrogen-bond acceptors (Lipinski definition) is 2. The minimum absolute atomic E-state index is 0.111. The van der Waals surface area contributed by atoms with E-state index in [2.05, 4.69) is 15.5 Å². The highest BCUT2D eigenvalue weighted by Crippen LogP contribution is 2.40. The molecule has 1 saturated carbocycles. The molecular weight excluding hydrogens is 166 g/mol. The fraction of sp³-hybridized carbons (Fsp3) is 0.556. The van der Waals surface area contributed by atoms with Crippen LogP contribution in [0.3, 0.4) is 0 Å². The highest BCUT2D eigenvalue weighted by atomic mass is 16.2. The van der Waals surface area contributed by atoms with Crippen molar-refractivity contribution in [1.29, 1.82) is 0 Å². The molecular formula is C9H13N3O. The van der Waals surface area contributed by atoms with Crippen LogP contribution in [0.5, 0.6) is 0 Å². The molecule has 0 unspecified atom stereocenters. The molecule has 0 aliphatic heterocycles. The Kier molecular flexibility index (Phi) is 1.83. The summed E-state index contributed by atoms with van der Waals surface area (Å²) in [6.45, 7) is 2.01. The summed E-state index contributed by atoms with van der Waals surface area (Å²) in [5.74, 6) is 0.111. The van der Waals surface area contributed by atoms with E-state index >= 15 is 0 Å². The van der Waals surface area contributed by atoms with Gasteiger partial charge in [-0.3, -0.25) is 9.89 Å². The Morgan fingerprint density at radius 2 is 2.46 bits per heavy atom. The van der Waals surface area contributed by atoms with Crippen LogP contribution >= 0.6 is 0 Å². The first kappa shape index (κ1) is 8.29. The maximum absolute atomic E-state index is 11.7. The molecule has 1 fully saturated rings. The monoisotopic (exact) mass is 179 g/mol. The van der Waals surface area contributed by atoms with Crippen LogP contribution in [0, 0.1) is 5.41 Å². The van der Waals surface area contributed by atoms with E-state index in [1.54, 1.807) is 12.4 Å². The molecule has 1 aliphatic carbocycles. The van der Waals surface area contributed by atoms with Crippen LogP contribution in [0.1, 0.15) is 26.2 Å². The van der Waals surface area contributed by atoms with Crippen molar-refractivity contribution in [3.05, 3.63) is 12.4 Å². The molecule has 1 amide bonds. The van der Waals surface area contributed by atoms with Gasteiger partial charge in [0.05, 0.1) is 11.9 Å². The molecule has 0 radical (unpaired) electrons. The Labute approximate surface area is 76.7 Å². The lowest BCUT2D eigenvalue weighted by molar-refractivity contribution is -0.128. The number of carbonyl (C=O) groups is 1. The predicted octanol–water partition coefficient (Wildman–Crippen LogP) is 1.54. The zero-order valence-electron chi connectivity index (χ0n) is 7.63. The van der Waals surface area contributed by atoms with Crippen molar-refractivity contribution in [2.45, 2.75) is 26.2 Å². The Morgan fingerprint density at radius 3 is 2.92 bits per heavy atom. The van der Waals surface area contributed by atoms with E-state index in [1.807, 2.05) is 6.92 Å². The van der Waals surface area contributed by atoms with Crippen LogP contribution in [0.4, 0.5) is 5.69 Å². The van der Waals surface area contributed by atoms with Gasteiger partial charge in [0.2, 0.25) is 5.91 Å². The molecule has 1 heterocycles. The van der Waals surface area contributed by atoms with Crippen LogP contribution in [0.25, 0.3) is 0 Å². The van der Waals surface area contributed by atoms with Gasteiger partial charge < -0.3 is 5.32 Å². The number of rotatable bonds is 2. The molecule has 0 aromatic carbocycles. The second kappa shape index (κ2) is 2.87. The molecule has 0 saturated heterocycles. The number of anilines is 1. The summed E-state index contributed by atoms with van der Waals surface area (Å²) in [6.07, 6.45) is 6.45. The third-order valence-electron chi connectivity index (χ3n) is 2.76. The lowest BCUT2D eigenvalue weighted by Gasteiger charge is -2.36. The fourth-order valence-corrected chi connectivity index (χ4v) is 1.54. The number of nitrogens with one attached hydrogen (secondary N) is 2. The normalized spacial score (nSPS) is 19.2. The van der Waals surface area contributed by atoms with E-state index in [-0.39, 0.29) is 11.3 Å². The van der Waals surface area contributed by atoms with Crippen LogP contribution in [-0.2, 0) is 4.79 Å². The van der Waals surface area contributed by atoms with E-state index in [9.17, 15) is 4.79 Å². The van der Waals surface area contributed by atoms with Crippen LogP contribution < -0.4 is 5.32 Å². The first-order valence-corrected chi connectivity index (χ1v) is 4.51. The lowest BCUT2D eigenvalue weighted by Crippen LogP contribution is -2.39. The lowest BCUT2D eigenvalue weighted by atomic mass is 9.70. The van der Waals surface area contributed by atoms with Crippen molar-refractivity contribution in [3.8, 4) is 0 Å². The van der Waals surface area contributed by atoms with Gasteiger partial charge in [0, 0.05) is 11.6 Å². The first-order valence-electron chi connectivity index (χ1n) is 4.51. The average Bonchev–Trinajstić information content (AvgIpc) is 2.52. The van der Waals surface area contributed by atoms with Gasteiger partial charge in [-0.1, -0.05) is 13.3 Å². The van der Waals surface area contributed by atoms with Crippen molar-refractivity contribution in [3.63, 3.8) is 0 Å². The zero-order chi connectivity index (χ0) is 9.31. The van der Waals surface area contributed by atoms with E-state index in [4.69, 9.17) is 0 Å². The Balaban J connectivity index is 1.99. The molecule has 2 rings (SSSR count). The van der Waals surface area contributed by atoms with Gasteiger partial charge in [-0.2, -0.15) is 5.10 Å². The first-order chi connectivity index (χ1) is 6.21. The van der Waals surface area contributed by atoms with E-state index in [0.717, 1.165) is 24.9 Å². The molecule has 1 aromatic rings. The summed E-state index contributed by atoms with van der Waals surface area (Å²) in [5, 5.41) is 9.25. The maximum atomic E-state index is 11.7. The molecule has 1 aromatic heterocycles. The number of hydrogen-bond donors (Lipinski definition) is 2. The smallest absolute Gasteiger partial charge is 0.230 e. The summed E-state index contributed by atoms with van der Waals surface area (Å²) in [6, 6.07) is 0. The summed E-state index contributed by atoms with van der Waals surface area (Å²) in [5.41, 5.74) is 0.607. The molecule has 2 N–H and O–H groups in total. The summed E-state index contributed by atoms with van der Waals surface area (Å²) in [7, 11) is 0. The Hall–Kier alpha value is -1.32. The minimum Gasteiger partial charge on any atom is -0.323 e. The van der Waals surface area contributed by atoms with Gasteiger partial charge in [0.15, 0.2) is 0 Å². The van der Waals surface area contributed by atoms with Gasteiger partial charge in [-0.15, -0.1) is 0 Å². The van der Waals surface area contributed by atoms with E-state index in [0.29, 0.717) is 0 Å². The van der Waals surface area contributed by atoms with Crippen molar-refractivity contribution in [2.24, 2.45) is 5.41 Å². The van der Waals surface area contributed by atoms with Gasteiger partial charge in [-0.25, -0.2) is 0 Å². The molecule has 0 spiro atoms. The standard InChI is InChI=1S/C9H13N3O/c1-9(3-2-4-9)8(13)12-7-5-10-11-6-7/h5-6H,2-4H2,1H3,(H,10,11)(H,12,13). The molecule has 1 aliphatic rings. The maximum Gasteiger partial charge on any atom is 0.230 e. The second-order valence-electron chi connectivity index (χ2n) is 3.86. The number of aromatic nitrogens is 2. The second-order valence-corrected chi connectivity index (χ2v) is 3.86. The SMILES string of the molecule is CC1(C(=O)Nc2cn[nH]c2)CCC1. The zero-order valence-corrected chi connectivity index (χ0v) is 7.63. The van der Waals surface area contributed by atoms with Gasteiger partial charge >= 0.3 is 0 Å². The van der Waals surface area contributed by atoms with Crippen LogP contribution in [0.15, 0.2) is 12.4 Å². The molecule has 0 atom stereocenters. The molecule has 13 heavy (non-hydrogen) atoms. The molecule has 4 heteroatoms. The summed E-state index contributed by atoms with van der Waals surface area (Å²) in [4.78, 5) is 11.7. The fourth-order valence-electron chi connectivity index (χ4n) is 1.54. The van der Waals surface area contributed by atoms with Crippen molar-refractivity contribution >= 4 is 11.6 Å². The number of amides is 1.